The Morgan fingerprint density at radius 3 is 1.05 bits per heavy atom. The second kappa shape index (κ2) is 52.7. The van der Waals surface area contributed by atoms with Gasteiger partial charge in [-0.15, -0.1) is 0 Å². The monoisotopic (exact) mass is 865 g/mol. The van der Waals surface area contributed by atoms with Crippen LogP contribution in [0.5, 0.6) is 0 Å². The smallest absolute Gasteiger partial charge is 0.306 e. The average molecular weight is 865 g/mol. The highest BCUT2D eigenvalue weighted by Gasteiger charge is 2.16. The molecule has 1 atom stereocenters. The Hall–Kier alpha value is -2.66. The molecule has 0 aromatic carbocycles. The number of hydrogen-bond donors (Lipinski definition) is 1. The predicted molar refractivity (Wildman–Crippen MR) is 270 cm³/mol. The third-order valence-corrected chi connectivity index (χ3v) is 11.5. The van der Waals surface area contributed by atoms with Gasteiger partial charge in [0.2, 0.25) is 0 Å². The summed E-state index contributed by atoms with van der Waals surface area (Å²) >= 11 is 0. The molecule has 0 aliphatic heterocycles. The lowest BCUT2D eigenvalue weighted by Gasteiger charge is -2.15. The van der Waals surface area contributed by atoms with Crippen LogP contribution >= 0.6 is 0 Å². The van der Waals surface area contributed by atoms with Gasteiger partial charge in [0.1, 0.15) is 6.61 Å². The molecule has 5 heteroatoms. The molecule has 0 radical (unpaired) electrons. The van der Waals surface area contributed by atoms with Crippen molar-refractivity contribution < 1.29 is 24.2 Å². The molecule has 0 amide bonds. The van der Waals surface area contributed by atoms with Crippen LogP contribution in [0.1, 0.15) is 258 Å². The van der Waals surface area contributed by atoms with Crippen LogP contribution in [0.4, 0.5) is 0 Å². The molecule has 0 aliphatic rings. The molecule has 0 heterocycles. The summed E-state index contributed by atoms with van der Waals surface area (Å²) in [5.74, 6) is -0.613. The van der Waals surface area contributed by atoms with Gasteiger partial charge in [0.05, 0.1) is 6.61 Å². The quantitative estimate of drug-likeness (QED) is 0.0375. The second-order valence-electron chi connectivity index (χ2n) is 17.6. The summed E-state index contributed by atoms with van der Waals surface area (Å²) in [5.41, 5.74) is 0. The zero-order valence-electron chi connectivity index (χ0n) is 40.9. The van der Waals surface area contributed by atoms with Crippen molar-refractivity contribution in [1.82, 2.24) is 0 Å². The molecule has 0 saturated heterocycles. The zero-order chi connectivity index (χ0) is 44.9. The minimum atomic E-state index is -0.787. The Bertz CT molecular complexity index is 1110. The van der Waals surface area contributed by atoms with Gasteiger partial charge in [0.25, 0.3) is 0 Å². The number of ether oxygens (including phenoxy) is 2. The Kier molecular flexibility index (Phi) is 50.4. The highest BCUT2D eigenvalue weighted by molar-refractivity contribution is 5.70. The minimum absolute atomic E-state index is 0.0766. The van der Waals surface area contributed by atoms with E-state index in [0.717, 1.165) is 83.5 Å². The van der Waals surface area contributed by atoms with Crippen molar-refractivity contribution in [3.63, 3.8) is 0 Å². The minimum Gasteiger partial charge on any atom is -0.462 e. The molecular weight excluding hydrogens is 765 g/mol. The van der Waals surface area contributed by atoms with Gasteiger partial charge in [-0.3, -0.25) is 9.59 Å². The van der Waals surface area contributed by atoms with Crippen molar-refractivity contribution in [1.29, 1.82) is 0 Å². The van der Waals surface area contributed by atoms with E-state index in [2.05, 4.69) is 86.8 Å². The van der Waals surface area contributed by atoms with Gasteiger partial charge < -0.3 is 14.6 Å². The first-order valence-electron chi connectivity index (χ1n) is 26.5. The number of allylic oxidation sites excluding steroid dienone is 12. The fraction of sp³-hybridized carbons (Fsp3) is 0.754. The van der Waals surface area contributed by atoms with Crippen molar-refractivity contribution in [3.8, 4) is 0 Å². The summed E-state index contributed by atoms with van der Waals surface area (Å²) in [7, 11) is 0. The molecule has 0 aromatic rings. The summed E-state index contributed by atoms with van der Waals surface area (Å²) in [4.78, 5) is 24.4. The van der Waals surface area contributed by atoms with Crippen LogP contribution in [0.15, 0.2) is 72.9 Å². The molecule has 0 bridgehead atoms. The molecule has 0 rings (SSSR count). The Morgan fingerprint density at radius 1 is 0.387 bits per heavy atom. The molecule has 62 heavy (non-hydrogen) atoms. The van der Waals surface area contributed by atoms with E-state index in [1.165, 1.54) is 148 Å². The maximum absolute atomic E-state index is 12.2. The van der Waals surface area contributed by atoms with Crippen LogP contribution in [0, 0.1) is 0 Å². The van der Waals surface area contributed by atoms with Crippen molar-refractivity contribution >= 4 is 11.9 Å². The number of aliphatic hydroxyl groups excluding tert-OH is 1. The van der Waals surface area contributed by atoms with Crippen molar-refractivity contribution in [2.45, 2.75) is 264 Å². The van der Waals surface area contributed by atoms with E-state index in [4.69, 9.17) is 9.47 Å². The number of carbonyl (C=O) groups is 2. The molecule has 0 fully saturated rings. The summed E-state index contributed by atoms with van der Waals surface area (Å²) in [6.45, 7) is 4.01. The molecule has 0 aromatic heterocycles. The molecule has 1 N–H and O–H groups in total. The number of carbonyl (C=O) groups excluding carboxylic acids is 2. The van der Waals surface area contributed by atoms with E-state index in [0.29, 0.717) is 12.8 Å². The topological polar surface area (TPSA) is 72.8 Å². The van der Waals surface area contributed by atoms with Gasteiger partial charge in [-0.1, -0.05) is 234 Å². The molecule has 358 valence electrons. The standard InChI is InChI=1S/C57H100O5/c1-3-5-7-9-11-13-15-17-19-21-22-23-24-25-26-27-28-29-30-31-32-33-34-36-37-39-41-43-45-47-49-51-56(59)61-54-55(53-58)62-57(60)52-50-48-46-44-42-40-38-35-20-18-16-14-12-10-8-6-4-2/h6,8,12,14-15,17-18,20-22,38,40,55,58H,3-5,7,9-11,13,16,19,23-37,39,41-54H2,1-2H3/b8-6-,14-12-,17-15-,20-18-,22-21-,40-38-. The first kappa shape index (κ1) is 59.3. The fourth-order valence-corrected chi connectivity index (χ4v) is 7.52. The second-order valence-corrected chi connectivity index (χ2v) is 17.6. The van der Waals surface area contributed by atoms with Crippen LogP contribution in [-0.4, -0.2) is 36.4 Å². The summed E-state index contributed by atoms with van der Waals surface area (Å²) in [5, 5.41) is 9.62. The number of aliphatic hydroxyl groups is 1. The normalized spacial score (nSPS) is 12.8. The van der Waals surface area contributed by atoms with E-state index in [1.54, 1.807) is 0 Å². The predicted octanol–water partition coefficient (Wildman–Crippen LogP) is 17.6. The van der Waals surface area contributed by atoms with Crippen molar-refractivity contribution in [2.75, 3.05) is 13.2 Å². The molecule has 0 spiro atoms. The SMILES string of the molecule is CC/C=C\C/C=C\C/C=C\C/C=C\CCCCCCC(=O)OC(CO)COC(=O)CCCCCCCCCCCCCCCCCCCCC/C=C\C/C=C\CCCCCCC. The van der Waals surface area contributed by atoms with Gasteiger partial charge >= 0.3 is 11.9 Å². The maximum Gasteiger partial charge on any atom is 0.306 e. The molecule has 5 nitrogen and oxygen atoms in total. The Balaban J connectivity index is 3.47. The van der Waals surface area contributed by atoms with E-state index in [-0.39, 0.29) is 25.2 Å². The average Bonchev–Trinajstić information content (AvgIpc) is 3.28. The highest BCUT2D eigenvalue weighted by atomic mass is 16.6. The van der Waals surface area contributed by atoms with Crippen molar-refractivity contribution in [2.24, 2.45) is 0 Å². The zero-order valence-corrected chi connectivity index (χ0v) is 40.9. The number of hydrogen-bond acceptors (Lipinski definition) is 5. The number of unbranched alkanes of at least 4 members (excludes halogenated alkanes) is 28. The lowest BCUT2D eigenvalue weighted by molar-refractivity contribution is -0.161. The lowest BCUT2D eigenvalue weighted by Crippen LogP contribution is -2.28. The lowest BCUT2D eigenvalue weighted by atomic mass is 10.0. The van der Waals surface area contributed by atoms with Gasteiger partial charge in [0, 0.05) is 12.8 Å². The van der Waals surface area contributed by atoms with Gasteiger partial charge in [-0.25, -0.2) is 0 Å². The van der Waals surface area contributed by atoms with E-state index in [1.807, 2.05) is 0 Å². The third kappa shape index (κ3) is 50.0. The van der Waals surface area contributed by atoms with Gasteiger partial charge in [0.15, 0.2) is 6.10 Å². The van der Waals surface area contributed by atoms with E-state index >= 15 is 0 Å². The van der Waals surface area contributed by atoms with Crippen molar-refractivity contribution in [3.05, 3.63) is 72.9 Å². The Labute approximate surface area is 384 Å². The molecule has 0 saturated carbocycles. The van der Waals surface area contributed by atoms with Crippen LogP contribution in [0.25, 0.3) is 0 Å². The summed E-state index contributed by atoms with van der Waals surface area (Å²) in [6.07, 6.45) is 71.6. The molecule has 0 aliphatic carbocycles. The largest absolute Gasteiger partial charge is 0.462 e. The first-order valence-corrected chi connectivity index (χ1v) is 26.5. The highest BCUT2D eigenvalue weighted by Crippen LogP contribution is 2.16. The number of esters is 2. The summed E-state index contributed by atoms with van der Waals surface area (Å²) < 4.78 is 10.7. The van der Waals surface area contributed by atoms with Crippen LogP contribution in [0.3, 0.4) is 0 Å². The van der Waals surface area contributed by atoms with E-state index in [9.17, 15) is 14.7 Å². The van der Waals surface area contributed by atoms with Crippen LogP contribution in [0.2, 0.25) is 0 Å². The van der Waals surface area contributed by atoms with Gasteiger partial charge in [-0.2, -0.15) is 0 Å². The number of rotatable bonds is 48. The maximum atomic E-state index is 12.2. The fourth-order valence-electron chi connectivity index (χ4n) is 7.52. The molecular formula is C57H100O5. The third-order valence-electron chi connectivity index (χ3n) is 11.5. The molecule has 1 unspecified atom stereocenters. The van der Waals surface area contributed by atoms with Gasteiger partial charge in [-0.05, 0) is 83.5 Å². The van der Waals surface area contributed by atoms with Crippen LogP contribution in [-0.2, 0) is 19.1 Å². The Morgan fingerprint density at radius 2 is 0.694 bits per heavy atom. The summed E-state index contributed by atoms with van der Waals surface area (Å²) in [6, 6.07) is 0. The van der Waals surface area contributed by atoms with E-state index < -0.39 is 6.10 Å². The first-order chi connectivity index (χ1) is 30.6. The van der Waals surface area contributed by atoms with Crippen LogP contribution < -0.4 is 0 Å².